The third-order valence-corrected chi connectivity index (χ3v) is 5.06. The fourth-order valence-corrected chi connectivity index (χ4v) is 3.43. The van der Waals surface area contributed by atoms with Gasteiger partial charge in [0.05, 0.1) is 6.61 Å². The van der Waals surface area contributed by atoms with E-state index in [0.29, 0.717) is 13.0 Å². The summed E-state index contributed by atoms with van der Waals surface area (Å²) in [5, 5.41) is 2.31. The van der Waals surface area contributed by atoms with Crippen LogP contribution in [0, 0.1) is 0 Å². The lowest BCUT2D eigenvalue weighted by Gasteiger charge is -2.15. The fraction of sp³-hybridized carbons (Fsp3) is 0.280. The highest BCUT2D eigenvalue weighted by molar-refractivity contribution is 5.94. The Bertz CT molecular complexity index is 975. The Balaban J connectivity index is 1.70. The van der Waals surface area contributed by atoms with E-state index in [-0.39, 0.29) is 18.5 Å². The molecule has 0 spiro atoms. The standard InChI is InChI=1S/C25H27NO3/c1-19(23-12-7-10-20-8-3-4-11-24(20)23)25(27)16-21-13-14-26-17-22(21)9-5-6-15-29-18-28-2/h3-8,10-14,17,19H,9,15-16,18H2,1-2H3/b6-5-. The van der Waals surface area contributed by atoms with E-state index in [9.17, 15) is 4.79 Å². The van der Waals surface area contributed by atoms with Crippen LogP contribution >= 0.6 is 0 Å². The van der Waals surface area contributed by atoms with Crippen molar-refractivity contribution in [3.05, 3.63) is 89.8 Å². The molecular formula is C25H27NO3. The quantitative estimate of drug-likeness (QED) is 0.282. The molecule has 1 unspecified atom stereocenters. The highest BCUT2D eigenvalue weighted by Crippen LogP contribution is 2.27. The van der Waals surface area contributed by atoms with Gasteiger partial charge in [-0.05, 0) is 39.9 Å². The number of aromatic nitrogens is 1. The molecule has 4 heteroatoms. The van der Waals surface area contributed by atoms with Gasteiger partial charge in [0.1, 0.15) is 12.6 Å². The monoisotopic (exact) mass is 389 g/mol. The van der Waals surface area contributed by atoms with E-state index in [2.05, 4.69) is 29.2 Å². The van der Waals surface area contributed by atoms with Crippen molar-refractivity contribution in [2.75, 3.05) is 20.5 Å². The van der Waals surface area contributed by atoms with Gasteiger partial charge in [-0.1, -0.05) is 61.5 Å². The van der Waals surface area contributed by atoms with Crippen LogP contribution in [0.1, 0.15) is 29.5 Å². The summed E-state index contributed by atoms with van der Waals surface area (Å²) in [5.74, 6) is 0.0429. The van der Waals surface area contributed by atoms with Crippen LogP contribution in [0.3, 0.4) is 0 Å². The summed E-state index contributed by atoms with van der Waals surface area (Å²) < 4.78 is 10.1. The molecular weight excluding hydrogens is 362 g/mol. The predicted molar refractivity (Wildman–Crippen MR) is 116 cm³/mol. The lowest BCUT2D eigenvalue weighted by atomic mass is 9.88. The minimum absolute atomic E-state index is 0.167. The summed E-state index contributed by atoms with van der Waals surface area (Å²) in [4.78, 5) is 17.3. The third-order valence-electron chi connectivity index (χ3n) is 5.06. The summed E-state index contributed by atoms with van der Waals surface area (Å²) in [6.07, 6.45) is 8.70. The average molecular weight is 389 g/mol. The first kappa shape index (κ1) is 20.9. The molecule has 0 bridgehead atoms. The van der Waals surface area contributed by atoms with Gasteiger partial charge in [-0.15, -0.1) is 0 Å². The van der Waals surface area contributed by atoms with Crippen LogP contribution in [0.4, 0.5) is 0 Å². The highest BCUT2D eigenvalue weighted by atomic mass is 16.7. The third kappa shape index (κ3) is 5.59. The normalized spacial score (nSPS) is 12.5. The molecule has 0 fully saturated rings. The number of Topliss-reactive ketones (excluding diaryl/α,β-unsaturated/α-hetero) is 1. The largest absolute Gasteiger partial charge is 0.359 e. The fourth-order valence-electron chi connectivity index (χ4n) is 3.43. The number of methoxy groups -OCH3 is 1. The molecule has 3 rings (SSSR count). The number of hydrogen-bond acceptors (Lipinski definition) is 4. The first-order chi connectivity index (χ1) is 14.2. The van der Waals surface area contributed by atoms with Crippen molar-refractivity contribution < 1.29 is 14.3 Å². The van der Waals surface area contributed by atoms with Gasteiger partial charge in [0.2, 0.25) is 0 Å². The summed E-state index contributed by atoms with van der Waals surface area (Å²) in [6.45, 7) is 2.78. The molecule has 0 saturated carbocycles. The summed E-state index contributed by atoms with van der Waals surface area (Å²) in [7, 11) is 1.60. The summed E-state index contributed by atoms with van der Waals surface area (Å²) in [5.41, 5.74) is 3.17. The van der Waals surface area contributed by atoms with Gasteiger partial charge in [-0.3, -0.25) is 9.78 Å². The molecule has 150 valence electrons. The van der Waals surface area contributed by atoms with Crippen LogP contribution in [-0.2, 0) is 27.1 Å². The van der Waals surface area contributed by atoms with Crippen LogP contribution in [0.25, 0.3) is 10.8 Å². The second-order valence-corrected chi connectivity index (χ2v) is 7.03. The van der Waals surface area contributed by atoms with E-state index in [0.717, 1.165) is 33.9 Å². The number of fused-ring (bicyclic) bond motifs is 1. The van der Waals surface area contributed by atoms with Crippen LogP contribution in [-0.4, -0.2) is 31.3 Å². The number of hydrogen-bond donors (Lipinski definition) is 0. The molecule has 0 radical (unpaired) electrons. The van der Waals surface area contributed by atoms with Crippen LogP contribution in [0.5, 0.6) is 0 Å². The van der Waals surface area contributed by atoms with Gasteiger partial charge in [-0.2, -0.15) is 0 Å². The molecule has 0 aliphatic heterocycles. The molecule has 1 aromatic heterocycles. The molecule has 3 aromatic rings. The Morgan fingerprint density at radius 1 is 1.07 bits per heavy atom. The van der Waals surface area contributed by atoms with Crippen molar-refractivity contribution in [1.29, 1.82) is 0 Å². The molecule has 0 aliphatic rings. The molecule has 0 aliphatic carbocycles. The number of pyridine rings is 1. The Kier molecular flexibility index (Phi) is 7.68. The minimum atomic E-state index is -0.167. The van der Waals surface area contributed by atoms with Crippen molar-refractivity contribution >= 4 is 16.6 Å². The van der Waals surface area contributed by atoms with E-state index in [1.165, 1.54) is 0 Å². The molecule has 0 saturated heterocycles. The molecule has 0 amide bonds. The molecule has 0 N–H and O–H groups in total. The molecule has 1 heterocycles. The van der Waals surface area contributed by atoms with Gasteiger partial charge >= 0.3 is 0 Å². The van der Waals surface area contributed by atoms with E-state index >= 15 is 0 Å². The smallest absolute Gasteiger partial charge is 0.146 e. The summed E-state index contributed by atoms with van der Waals surface area (Å²) in [6, 6.07) is 16.3. The Labute approximate surface area is 172 Å². The second kappa shape index (κ2) is 10.6. The Morgan fingerprint density at radius 3 is 2.76 bits per heavy atom. The second-order valence-electron chi connectivity index (χ2n) is 7.03. The number of rotatable bonds is 10. The number of carbonyl (C=O) groups excluding carboxylic acids is 1. The topological polar surface area (TPSA) is 48.4 Å². The van der Waals surface area contributed by atoms with Crippen LogP contribution in [0.2, 0.25) is 0 Å². The first-order valence-electron chi connectivity index (χ1n) is 9.84. The molecule has 29 heavy (non-hydrogen) atoms. The molecule has 2 aromatic carbocycles. The van der Waals surface area contributed by atoms with Gasteiger partial charge in [0.15, 0.2) is 0 Å². The number of nitrogens with zero attached hydrogens (tertiary/aromatic N) is 1. The van der Waals surface area contributed by atoms with Crippen LogP contribution < -0.4 is 0 Å². The van der Waals surface area contributed by atoms with Gasteiger partial charge in [0.25, 0.3) is 0 Å². The van der Waals surface area contributed by atoms with Crippen molar-refractivity contribution in [3.8, 4) is 0 Å². The van der Waals surface area contributed by atoms with E-state index in [4.69, 9.17) is 9.47 Å². The molecule has 1 atom stereocenters. The lowest BCUT2D eigenvalue weighted by molar-refractivity contribution is -0.119. The van der Waals surface area contributed by atoms with Crippen molar-refractivity contribution in [3.63, 3.8) is 0 Å². The van der Waals surface area contributed by atoms with Gasteiger partial charge in [0, 0.05) is 31.8 Å². The number of benzene rings is 2. The number of ether oxygens (including phenoxy) is 2. The summed E-state index contributed by atoms with van der Waals surface area (Å²) >= 11 is 0. The van der Waals surface area contributed by atoms with E-state index in [1.54, 1.807) is 13.3 Å². The lowest BCUT2D eigenvalue weighted by Crippen LogP contribution is -2.13. The molecule has 4 nitrogen and oxygen atoms in total. The maximum Gasteiger partial charge on any atom is 0.146 e. The number of carbonyl (C=O) groups is 1. The maximum absolute atomic E-state index is 13.1. The van der Waals surface area contributed by atoms with Crippen molar-refractivity contribution in [2.45, 2.75) is 25.7 Å². The minimum Gasteiger partial charge on any atom is -0.359 e. The number of allylic oxidation sites excluding steroid dienone is 1. The van der Waals surface area contributed by atoms with E-state index < -0.39 is 0 Å². The van der Waals surface area contributed by atoms with Crippen LogP contribution in [0.15, 0.2) is 73.1 Å². The van der Waals surface area contributed by atoms with Gasteiger partial charge < -0.3 is 9.47 Å². The highest BCUT2D eigenvalue weighted by Gasteiger charge is 2.18. The zero-order valence-electron chi connectivity index (χ0n) is 17.0. The average Bonchev–Trinajstić information content (AvgIpc) is 2.76. The Hall–Kier alpha value is -2.82. The van der Waals surface area contributed by atoms with Crippen molar-refractivity contribution in [2.24, 2.45) is 0 Å². The predicted octanol–water partition coefficient (Wildman–Crippen LogP) is 4.87. The Morgan fingerprint density at radius 2 is 1.90 bits per heavy atom. The van der Waals surface area contributed by atoms with E-state index in [1.807, 2.05) is 49.5 Å². The SMILES string of the molecule is COCOC/C=C\Cc1cnccc1CC(=O)C(C)c1cccc2ccccc12. The maximum atomic E-state index is 13.1. The number of ketones is 1. The van der Waals surface area contributed by atoms with Crippen molar-refractivity contribution in [1.82, 2.24) is 4.98 Å². The first-order valence-corrected chi connectivity index (χ1v) is 9.84. The van der Waals surface area contributed by atoms with Gasteiger partial charge in [-0.25, -0.2) is 0 Å². The zero-order chi connectivity index (χ0) is 20.5. The zero-order valence-corrected chi connectivity index (χ0v) is 17.0.